The van der Waals surface area contributed by atoms with Crippen LogP contribution in [0.4, 0.5) is 25.8 Å². The third-order valence-corrected chi connectivity index (χ3v) is 5.97. The summed E-state index contributed by atoms with van der Waals surface area (Å²) in [4.78, 5) is 12.4. The zero-order chi connectivity index (χ0) is 22.1. The minimum absolute atomic E-state index is 0.163. The summed E-state index contributed by atoms with van der Waals surface area (Å²) in [6.45, 7) is -0.945. The van der Waals surface area contributed by atoms with E-state index in [-0.39, 0.29) is 23.6 Å². The normalized spacial score (nSPS) is 14.4. The highest BCUT2D eigenvalue weighted by Gasteiger charge is 2.28. The summed E-state index contributed by atoms with van der Waals surface area (Å²) >= 11 is 3.10. The van der Waals surface area contributed by atoms with E-state index in [0.29, 0.717) is 17.3 Å². The fourth-order valence-electron chi connectivity index (χ4n) is 3.03. The Hall–Kier alpha value is -2.06. The van der Waals surface area contributed by atoms with Crippen LogP contribution in [0.2, 0.25) is 0 Å². The molecule has 0 fully saturated rings. The van der Waals surface area contributed by atoms with E-state index in [1.165, 1.54) is 12.1 Å². The molecule has 0 radical (unpaired) electrons. The molecule has 5 N–H and O–H groups in total. The lowest BCUT2D eigenvalue weighted by Gasteiger charge is -2.20. The molecule has 0 saturated heterocycles. The van der Waals surface area contributed by atoms with Gasteiger partial charge in [0, 0.05) is 23.3 Å². The van der Waals surface area contributed by atoms with Crippen LogP contribution in [0.5, 0.6) is 0 Å². The predicted molar refractivity (Wildman–Crippen MR) is 110 cm³/mol. The molecule has 2 aromatic rings. The van der Waals surface area contributed by atoms with Gasteiger partial charge < -0.3 is 20.1 Å². The van der Waals surface area contributed by atoms with E-state index in [0.717, 1.165) is 10.6 Å². The van der Waals surface area contributed by atoms with Crippen molar-refractivity contribution in [3.05, 3.63) is 50.4 Å². The van der Waals surface area contributed by atoms with Gasteiger partial charge >= 0.3 is 0 Å². The molecule has 0 spiro atoms. The maximum atomic E-state index is 14.9. The Morgan fingerprint density at radius 2 is 2.00 bits per heavy atom. The van der Waals surface area contributed by atoms with E-state index in [9.17, 15) is 27.1 Å². The Balaban J connectivity index is 2.06. The second-order valence-electron chi connectivity index (χ2n) is 6.61. The number of nitrogens with one attached hydrogen (secondary N) is 3. The van der Waals surface area contributed by atoms with E-state index in [2.05, 4.69) is 26.0 Å². The Morgan fingerprint density at radius 1 is 1.27 bits per heavy atom. The van der Waals surface area contributed by atoms with Crippen LogP contribution in [0.1, 0.15) is 12.1 Å². The van der Waals surface area contributed by atoms with Gasteiger partial charge in [-0.3, -0.25) is 9.52 Å². The Morgan fingerprint density at radius 3 is 2.67 bits per heavy atom. The van der Waals surface area contributed by atoms with Gasteiger partial charge in [-0.25, -0.2) is 4.39 Å². The first-order valence-corrected chi connectivity index (χ1v) is 11.1. The Bertz CT molecular complexity index is 1130. The quantitative estimate of drug-likeness (QED) is 0.363. The third-order valence-electron chi connectivity index (χ3n) is 4.46. The van der Waals surface area contributed by atoms with Crippen molar-refractivity contribution in [1.29, 1.82) is 0 Å². The van der Waals surface area contributed by atoms with Crippen LogP contribution in [0.3, 0.4) is 0 Å². The molecule has 1 aliphatic heterocycles. The van der Waals surface area contributed by atoms with Gasteiger partial charge in [0.05, 0.1) is 24.1 Å². The minimum Gasteiger partial charge on any atom is -0.394 e. The number of hydrogen-bond acceptors (Lipinski definition) is 6. The average Bonchev–Trinajstić information content (AvgIpc) is 3.18. The van der Waals surface area contributed by atoms with Crippen LogP contribution in [-0.2, 0) is 23.2 Å². The van der Waals surface area contributed by atoms with E-state index < -0.39 is 52.3 Å². The maximum Gasteiger partial charge on any atom is 0.299 e. The van der Waals surface area contributed by atoms with Crippen molar-refractivity contribution in [2.75, 3.05) is 23.2 Å². The van der Waals surface area contributed by atoms with Gasteiger partial charge in [0.25, 0.3) is 15.8 Å². The number of pyridine rings is 1. The van der Waals surface area contributed by atoms with Gasteiger partial charge in [-0.05, 0) is 31.0 Å². The first-order chi connectivity index (χ1) is 14.1. The van der Waals surface area contributed by atoms with Crippen molar-refractivity contribution in [2.24, 2.45) is 0 Å². The summed E-state index contributed by atoms with van der Waals surface area (Å²) < 4.78 is 59.7. The number of halogens is 3. The Labute approximate surface area is 179 Å². The van der Waals surface area contributed by atoms with E-state index in [1.54, 1.807) is 0 Å². The number of aliphatic hydroxyl groups is 2. The summed E-state index contributed by atoms with van der Waals surface area (Å²) in [5, 5.41) is 20.7. The molecule has 13 heteroatoms. The van der Waals surface area contributed by atoms with Crippen molar-refractivity contribution >= 4 is 43.2 Å². The predicted octanol–water partition coefficient (Wildman–Crippen LogP) is 1.18. The summed E-state index contributed by atoms with van der Waals surface area (Å²) in [5.74, 6) is -2.02. The fourth-order valence-corrected chi connectivity index (χ4v) is 4.34. The van der Waals surface area contributed by atoms with Crippen molar-refractivity contribution in [3.63, 3.8) is 0 Å². The highest BCUT2D eigenvalue weighted by molar-refractivity contribution is 9.10. The van der Waals surface area contributed by atoms with Crippen LogP contribution < -0.4 is 20.3 Å². The molecule has 2 heterocycles. The number of rotatable bonds is 8. The van der Waals surface area contributed by atoms with E-state index in [1.807, 2.05) is 4.72 Å². The van der Waals surface area contributed by atoms with Crippen molar-refractivity contribution < 1.29 is 27.4 Å². The molecule has 0 bridgehead atoms. The molecule has 1 aromatic carbocycles. The second kappa shape index (κ2) is 8.98. The average molecular weight is 509 g/mol. The number of nitrogens with zero attached hydrogens (tertiary/aromatic N) is 1. The molecular weight excluding hydrogens is 490 g/mol. The molecule has 164 valence electrons. The molecule has 0 amide bonds. The van der Waals surface area contributed by atoms with E-state index in [4.69, 9.17) is 5.11 Å². The largest absolute Gasteiger partial charge is 0.394 e. The first-order valence-electron chi connectivity index (χ1n) is 8.86. The number of aliphatic hydroxyl groups excluding tert-OH is 2. The van der Waals surface area contributed by atoms with Crippen LogP contribution >= 0.6 is 15.9 Å². The van der Waals surface area contributed by atoms with Crippen LogP contribution in [-0.4, -0.2) is 42.5 Å². The lowest BCUT2D eigenvalue weighted by molar-refractivity contribution is 0.0988. The third kappa shape index (κ3) is 4.81. The zero-order valence-electron chi connectivity index (χ0n) is 15.5. The van der Waals surface area contributed by atoms with Crippen molar-refractivity contribution in [3.8, 4) is 0 Å². The molecule has 30 heavy (non-hydrogen) atoms. The molecule has 1 atom stereocenters. The monoisotopic (exact) mass is 508 g/mol. The Kier molecular flexibility index (Phi) is 6.77. The number of aromatic nitrogens is 1. The zero-order valence-corrected chi connectivity index (χ0v) is 17.9. The molecule has 9 nitrogen and oxygen atoms in total. The van der Waals surface area contributed by atoms with Gasteiger partial charge in [0.1, 0.15) is 11.5 Å². The lowest BCUT2D eigenvalue weighted by atomic mass is 10.2. The molecular formula is C17H19BrF2N4O5S. The molecule has 1 unspecified atom stereocenters. The van der Waals surface area contributed by atoms with Crippen LogP contribution in [0, 0.1) is 11.6 Å². The van der Waals surface area contributed by atoms with Gasteiger partial charge in [-0.2, -0.15) is 17.5 Å². The highest BCUT2D eigenvalue weighted by Crippen LogP contribution is 2.35. The van der Waals surface area contributed by atoms with Gasteiger partial charge in [0.15, 0.2) is 0 Å². The number of anilines is 3. The van der Waals surface area contributed by atoms with Gasteiger partial charge in [0.2, 0.25) is 5.82 Å². The molecule has 0 aliphatic carbocycles. The van der Waals surface area contributed by atoms with Crippen molar-refractivity contribution in [2.45, 2.75) is 25.5 Å². The standard InChI is InChI=1S/C17H19BrF2N4O5S/c18-9-3-4-12(11(19)6-9)22-16-14(20)17(27)24-5-1-2-13(24)15(16)23-30(28,29)21-7-10(26)8-25/h3-4,6,10,21-23,25-26H,1-2,5,7-8H2. The first kappa shape index (κ1) is 22.6. The van der Waals surface area contributed by atoms with Gasteiger partial charge in [-0.1, -0.05) is 15.9 Å². The number of hydrogen-bond donors (Lipinski definition) is 5. The molecule has 1 aromatic heterocycles. The van der Waals surface area contributed by atoms with Gasteiger partial charge in [-0.15, -0.1) is 0 Å². The second-order valence-corrected chi connectivity index (χ2v) is 9.03. The lowest BCUT2D eigenvalue weighted by Crippen LogP contribution is -2.38. The summed E-state index contributed by atoms with van der Waals surface area (Å²) in [7, 11) is -4.32. The SMILES string of the molecule is O=c1c(F)c(Nc2ccc(Br)cc2F)c(NS(=O)(=O)NCC(O)CO)c2n1CCC2. The smallest absolute Gasteiger partial charge is 0.299 e. The highest BCUT2D eigenvalue weighted by atomic mass is 79.9. The summed E-state index contributed by atoms with van der Waals surface area (Å²) in [6, 6.07) is 3.92. The van der Waals surface area contributed by atoms with Crippen molar-refractivity contribution in [1.82, 2.24) is 9.29 Å². The number of fused-ring (bicyclic) bond motifs is 1. The minimum atomic E-state index is -4.32. The molecule has 0 saturated carbocycles. The van der Waals surface area contributed by atoms with Crippen LogP contribution in [0.25, 0.3) is 0 Å². The summed E-state index contributed by atoms with van der Waals surface area (Å²) in [5.41, 5.74) is -1.62. The van der Waals surface area contributed by atoms with E-state index >= 15 is 0 Å². The summed E-state index contributed by atoms with van der Waals surface area (Å²) in [6.07, 6.45) is -0.544. The number of benzene rings is 1. The molecule has 1 aliphatic rings. The van der Waals surface area contributed by atoms with Crippen LogP contribution in [0.15, 0.2) is 27.5 Å². The maximum absolute atomic E-state index is 14.9. The molecule has 3 rings (SSSR count). The topological polar surface area (TPSA) is 133 Å². The fraction of sp³-hybridized carbons (Fsp3) is 0.353.